The highest BCUT2D eigenvalue weighted by atomic mass is 16.5. The summed E-state index contributed by atoms with van der Waals surface area (Å²) in [5, 5.41) is 9.80. The van der Waals surface area contributed by atoms with Gasteiger partial charge in [0, 0.05) is 12.0 Å². The molecule has 0 aliphatic carbocycles. The number of hydrogen-bond donors (Lipinski definition) is 1. The first-order valence-corrected chi connectivity index (χ1v) is 4.71. The second kappa shape index (κ2) is 3.46. The van der Waals surface area contributed by atoms with Gasteiger partial charge in [0.2, 0.25) is 5.75 Å². The van der Waals surface area contributed by atoms with Gasteiger partial charge in [0.25, 0.3) is 0 Å². The maximum Gasteiger partial charge on any atom is 0.204 e. The molecule has 0 saturated carbocycles. The molecule has 2 rings (SSSR count). The lowest BCUT2D eigenvalue weighted by Gasteiger charge is -2.11. The molecule has 0 amide bonds. The van der Waals surface area contributed by atoms with Crippen molar-refractivity contribution in [2.75, 3.05) is 13.7 Å². The van der Waals surface area contributed by atoms with Gasteiger partial charge in [-0.05, 0) is 13.0 Å². The Kier molecular flexibility index (Phi) is 2.26. The lowest BCUT2D eigenvalue weighted by atomic mass is 10.0. The standard InChI is InChI=1S/C11H12O4/c1-6(12)8-5-7-3-4-15-10(7)11(14-2)9(8)13/h5,13H,3-4H2,1-2H3. The summed E-state index contributed by atoms with van der Waals surface area (Å²) in [7, 11) is 1.45. The molecule has 0 bridgehead atoms. The van der Waals surface area contributed by atoms with E-state index in [2.05, 4.69) is 0 Å². The third kappa shape index (κ3) is 1.42. The number of Topliss-reactive ketones (excluding diaryl/α,β-unsaturated/α-hetero) is 1. The number of fused-ring (bicyclic) bond motifs is 1. The summed E-state index contributed by atoms with van der Waals surface area (Å²) in [4.78, 5) is 11.3. The van der Waals surface area contributed by atoms with Crippen LogP contribution in [0.1, 0.15) is 22.8 Å². The maximum atomic E-state index is 11.3. The molecular formula is C11H12O4. The van der Waals surface area contributed by atoms with Gasteiger partial charge in [0.15, 0.2) is 17.3 Å². The van der Waals surface area contributed by atoms with Crippen molar-refractivity contribution in [2.24, 2.45) is 0 Å². The normalized spacial score (nSPS) is 13.2. The molecule has 1 aliphatic rings. The number of ketones is 1. The van der Waals surface area contributed by atoms with Gasteiger partial charge in [-0.2, -0.15) is 0 Å². The summed E-state index contributed by atoms with van der Waals surface area (Å²) in [5.74, 6) is 0.501. The Labute approximate surface area is 87.4 Å². The predicted molar refractivity (Wildman–Crippen MR) is 53.9 cm³/mol. The summed E-state index contributed by atoms with van der Waals surface area (Å²) >= 11 is 0. The van der Waals surface area contributed by atoms with Crippen LogP contribution in [0, 0.1) is 0 Å². The Hall–Kier alpha value is -1.71. The lowest BCUT2D eigenvalue weighted by Crippen LogP contribution is -1.97. The van der Waals surface area contributed by atoms with E-state index in [1.807, 2.05) is 0 Å². The zero-order chi connectivity index (χ0) is 11.0. The molecule has 0 aromatic heterocycles. The van der Waals surface area contributed by atoms with Crippen LogP contribution in [0.4, 0.5) is 0 Å². The van der Waals surface area contributed by atoms with E-state index in [0.29, 0.717) is 12.4 Å². The van der Waals surface area contributed by atoms with Crippen molar-refractivity contribution in [3.05, 3.63) is 17.2 Å². The molecule has 80 valence electrons. The fourth-order valence-electron chi connectivity index (χ4n) is 1.75. The number of benzene rings is 1. The van der Waals surface area contributed by atoms with Gasteiger partial charge < -0.3 is 14.6 Å². The second-order valence-electron chi connectivity index (χ2n) is 3.45. The smallest absolute Gasteiger partial charge is 0.204 e. The molecule has 0 radical (unpaired) electrons. The number of rotatable bonds is 2. The Balaban J connectivity index is 2.67. The van der Waals surface area contributed by atoms with Crippen molar-refractivity contribution in [3.63, 3.8) is 0 Å². The van der Waals surface area contributed by atoms with Crippen LogP contribution in [0.15, 0.2) is 6.07 Å². The van der Waals surface area contributed by atoms with Crippen molar-refractivity contribution in [1.29, 1.82) is 0 Å². The van der Waals surface area contributed by atoms with Gasteiger partial charge in [-0.25, -0.2) is 0 Å². The fourth-order valence-corrected chi connectivity index (χ4v) is 1.75. The third-order valence-corrected chi connectivity index (χ3v) is 2.49. The second-order valence-corrected chi connectivity index (χ2v) is 3.45. The first-order valence-electron chi connectivity index (χ1n) is 4.71. The van der Waals surface area contributed by atoms with Crippen LogP contribution in [0.5, 0.6) is 17.2 Å². The van der Waals surface area contributed by atoms with Crippen LogP contribution in [-0.4, -0.2) is 24.6 Å². The van der Waals surface area contributed by atoms with Crippen LogP contribution < -0.4 is 9.47 Å². The summed E-state index contributed by atoms with van der Waals surface area (Å²) < 4.78 is 10.4. The first kappa shape index (κ1) is 9.83. The van der Waals surface area contributed by atoms with E-state index in [9.17, 15) is 9.90 Å². The van der Waals surface area contributed by atoms with Crippen LogP contribution in [0.3, 0.4) is 0 Å². The van der Waals surface area contributed by atoms with Gasteiger partial charge >= 0.3 is 0 Å². The van der Waals surface area contributed by atoms with E-state index in [1.165, 1.54) is 14.0 Å². The largest absolute Gasteiger partial charge is 0.504 e. The van der Waals surface area contributed by atoms with Crippen LogP contribution in [0.2, 0.25) is 0 Å². The molecule has 0 unspecified atom stereocenters. The third-order valence-electron chi connectivity index (χ3n) is 2.49. The number of phenolic OH excluding ortho intramolecular Hbond substituents is 1. The summed E-state index contributed by atoms with van der Waals surface area (Å²) in [6.45, 7) is 1.98. The van der Waals surface area contributed by atoms with E-state index < -0.39 is 0 Å². The van der Waals surface area contributed by atoms with Crippen molar-refractivity contribution < 1.29 is 19.4 Å². The number of aromatic hydroxyl groups is 1. The molecule has 1 aromatic carbocycles. The SMILES string of the molecule is COc1c(O)c(C(C)=O)cc2c1OCC2. The molecule has 1 N–H and O–H groups in total. The van der Waals surface area contributed by atoms with Crippen molar-refractivity contribution in [1.82, 2.24) is 0 Å². The van der Waals surface area contributed by atoms with Crippen LogP contribution >= 0.6 is 0 Å². The van der Waals surface area contributed by atoms with E-state index in [1.54, 1.807) is 6.07 Å². The zero-order valence-corrected chi connectivity index (χ0v) is 8.66. The zero-order valence-electron chi connectivity index (χ0n) is 8.66. The van der Waals surface area contributed by atoms with Gasteiger partial charge in [-0.1, -0.05) is 0 Å². The lowest BCUT2D eigenvalue weighted by molar-refractivity contribution is 0.101. The van der Waals surface area contributed by atoms with Crippen LogP contribution in [0.25, 0.3) is 0 Å². The predicted octanol–water partition coefficient (Wildman–Crippen LogP) is 1.54. The molecule has 0 spiro atoms. The Bertz CT molecular complexity index is 423. The van der Waals surface area contributed by atoms with Crippen molar-refractivity contribution in [2.45, 2.75) is 13.3 Å². The monoisotopic (exact) mass is 208 g/mol. The van der Waals surface area contributed by atoms with E-state index >= 15 is 0 Å². The quantitative estimate of drug-likeness (QED) is 0.749. The van der Waals surface area contributed by atoms with E-state index in [4.69, 9.17) is 9.47 Å². The highest BCUT2D eigenvalue weighted by molar-refractivity contribution is 5.98. The maximum absolute atomic E-state index is 11.3. The highest BCUT2D eigenvalue weighted by Crippen LogP contribution is 2.44. The van der Waals surface area contributed by atoms with Gasteiger partial charge in [-0.15, -0.1) is 0 Å². The summed E-state index contributed by atoms with van der Waals surface area (Å²) in [6.07, 6.45) is 0.742. The topological polar surface area (TPSA) is 55.8 Å². The molecule has 4 nitrogen and oxygen atoms in total. The minimum Gasteiger partial charge on any atom is -0.504 e. The fraction of sp³-hybridized carbons (Fsp3) is 0.364. The molecule has 0 fully saturated rings. The number of carbonyl (C=O) groups excluding carboxylic acids is 1. The Morgan fingerprint density at radius 1 is 1.60 bits per heavy atom. The number of hydrogen-bond acceptors (Lipinski definition) is 4. The molecular weight excluding hydrogens is 196 g/mol. The first-order chi connectivity index (χ1) is 7.15. The Morgan fingerprint density at radius 3 is 2.93 bits per heavy atom. The van der Waals surface area contributed by atoms with Gasteiger partial charge in [0.1, 0.15) is 0 Å². The summed E-state index contributed by atoms with van der Waals surface area (Å²) in [6, 6.07) is 1.67. The number of phenols is 1. The molecule has 1 aromatic rings. The number of methoxy groups -OCH3 is 1. The molecule has 1 heterocycles. The molecule has 15 heavy (non-hydrogen) atoms. The average Bonchev–Trinajstić information content (AvgIpc) is 2.64. The molecule has 0 saturated heterocycles. The van der Waals surface area contributed by atoms with Gasteiger partial charge in [-0.3, -0.25) is 4.79 Å². The Morgan fingerprint density at radius 2 is 2.33 bits per heavy atom. The van der Waals surface area contributed by atoms with Crippen molar-refractivity contribution >= 4 is 5.78 Å². The van der Waals surface area contributed by atoms with Crippen molar-refractivity contribution in [3.8, 4) is 17.2 Å². The molecule has 0 atom stereocenters. The highest BCUT2D eigenvalue weighted by Gasteiger charge is 2.24. The number of ether oxygens (including phenoxy) is 2. The summed E-state index contributed by atoms with van der Waals surface area (Å²) in [5.41, 5.74) is 1.20. The molecule has 1 aliphatic heterocycles. The average molecular weight is 208 g/mol. The van der Waals surface area contributed by atoms with E-state index in [0.717, 1.165) is 12.0 Å². The minimum atomic E-state index is -0.180. The molecule has 4 heteroatoms. The van der Waals surface area contributed by atoms with E-state index in [-0.39, 0.29) is 22.8 Å². The minimum absolute atomic E-state index is 0.134. The number of carbonyl (C=O) groups is 1. The van der Waals surface area contributed by atoms with Gasteiger partial charge in [0.05, 0.1) is 19.3 Å². The van der Waals surface area contributed by atoms with Crippen LogP contribution in [-0.2, 0) is 6.42 Å².